The number of carbonyl (C=O) groups is 1. The second-order valence-corrected chi connectivity index (χ2v) is 11.5. The number of halogens is 2. The number of benzene rings is 2. The zero-order valence-corrected chi connectivity index (χ0v) is 20.4. The number of aryl methyl sites for hydroxylation is 1. The first-order valence-corrected chi connectivity index (χ1v) is 12.8. The molecule has 0 aliphatic heterocycles. The molecule has 0 spiro atoms. The molecule has 31 heavy (non-hydrogen) atoms. The van der Waals surface area contributed by atoms with Crippen molar-refractivity contribution in [2.45, 2.75) is 37.3 Å². The van der Waals surface area contributed by atoms with Gasteiger partial charge in [0.25, 0.3) is 0 Å². The first-order chi connectivity index (χ1) is 14.6. The minimum absolute atomic E-state index is 0.00185. The van der Waals surface area contributed by atoms with Crippen LogP contribution in [0.3, 0.4) is 0 Å². The monoisotopic (exact) mass is 524 g/mol. The first kappa shape index (κ1) is 23.6. The number of hydrogen-bond acceptors (Lipinski definition) is 5. The van der Waals surface area contributed by atoms with Crippen LogP contribution >= 0.6 is 27.3 Å². The molecule has 0 unspecified atom stereocenters. The van der Waals surface area contributed by atoms with E-state index in [9.17, 15) is 17.6 Å². The van der Waals surface area contributed by atoms with Gasteiger partial charge in [-0.1, -0.05) is 31.5 Å². The van der Waals surface area contributed by atoms with Crippen molar-refractivity contribution < 1.29 is 17.6 Å². The third-order valence-electron chi connectivity index (χ3n) is 4.64. The maximum absolute atomic E-state index is 13.3. The minimum Gasteiger partial charge on any atom is -0.301 e. The van der Waals surface area contributed by atoms with Gasteiger partial charge in [-0.05, 0) is 65.5 Å². The summed E-state index contributed by atoms with van der Waals surface area (Å²) in [4.78, 5) is 17.5. The van der Waals surface area contributed by atoms with E-state index in [4.69, 9.17) is 0 Å². The number of amides is 1. The number of aromatic nitrogens is 1. The first-order valence-electron chi connectivity index (χ1n) is 9.60. The lowest BCUT2D eigenvalue weighted by molar-refractivity contribution is -0.116. The number of rotatable bonds is 7. The maximum Gasteiger partial charge on any atom is 0.244 e. The SMILES string of the molecule is Cc1ccc(S(=O)(=O)[C@@H](CC(C)C)C(=O)Nc2nc(-c3ccc(F)cc3Br)cs2)cc1. The minimum atomic E-state index is -3.87. The largest absolute Gasteiger partial charge is 0.301 e. The Morgan fingerprint density at radius 1 is 1.19 bits per heavy atom. The van der Waals surface area contributed by atoms with E-state index in [1.54, 1.807) is 23.6 Å². The van der Waals surface area contributed by atoms with Gasteiger partial charge in [-0.15, -0.1) is 11.3 Å². The van der Waals surface area contributed by atoms with Gasteiger partial charge in [-0.25, -0.2) is 17.8 Å². The lowest BCUT2D eigenvalue weighted by atomic mass is 10.1. The fraction of sp³-hybridized carbons (Fsp3) is 0.273. The summed E-state index contributed by atoms with van der Waals surface area (Å²) in [6.45, 7) is 5.62. The lowest BCUT2D eigenvalue weighted by Gasteiger charge is -2.18. The van der Waals surface area contributed by atoms with Crippen LogP contribution in [0.1, 0.15) is 25.8 Å². The Morgan fingerprint density at radius 2 is 1.87 bits per heavy atom. The molecule has 1 atom stereocenters. The molecule has 1 aromatic heterocycles. The molecule has 1 heterocycles. The molecular weight excluding hydrogens is 503 g/mol. The number of thiazole rings is 1. The second kappa shape index (κ2) is 9.58. The van der Waals surface area contributed by atoms with Crippen LogP contribution in [-0.4, -0.2) is 24.6 Å². The van der Waals surface area contributed by atoms with Gasteiger partial charge >= 0.3 is 0 Å². The fourth-order valence-electron chi connectivity index (χ4n) is 3.03. The summed E-state index contributed by atoms with van der Waals surface area (Å²) in [5.41, 5.74) is 2.16. The number of nitrogens with one attached hydrogen (secondary N) is 1. The molecule has 5 nitrogen and oxygen atoms in total. The summed E-state index contributed by atoms with van der Waals surface area (Å²) in [6.07, 6.45) is 0.184. The Labute approximate surface area is 193 Å². The highest BCUT2D eigenvalue weighted by Crippen LogP contribution is 2.32. The molecule has 1 amide bonds. The lowest BCUT2D eigenvalue weighted by Crippen LogP contribution is -2.36. The highest BCUT2D eigenvalue weighted by atomic mass is 79.9. The van der Waals surface area contributed by atoms with Gasteiger partial charge in [0.05, 0.1) is 10.6 Å². The predicted molar refractivity (Wildman–Crippen MR) is 125 cm³/mol. The van der Waals surface area contributed by atoms with Gasteiger partial charge in [0.15, 0.2) is 15.0 Å². The molecule has 0 saturated heterocycles. The molecule has 0 saturated carbocycles. The van der Waals surface area contributed by atoms with E-state index in [0.29, 0.717) is 15.7 Å². The standard InChI is InChI=1S/C22H22BrFN2O3S2/c1-13(2)10-20(31(28,29)16-7-4-14(3)5-8-16)21(27)26-22-25-19(12-30-22)17-9-6-15(24)11-18(17)23/h4-9,11-13,20H,10H2,1-3H3,(H,25,26,27)/t20-/m0/s1. The van der Waals surface area contributed by atoms with Crippen molar-refractivity contribution in [3.8, 4) is 11.3 Å². The molecule has 3 rings (SSSR count). The van der Waals surface area contributed by atoms with Crippen molar-refractivity contribution >= 4 is 48.1 Å². The van der Waals surface area contributed by atoms with Crippen LogP contribution in [0.25, 0.3) is 11.3 Å². The molecule has 0 radical (unpaired) electrons. The van der Waals surface area contributed by atoms with Crippen molar-refractivity contribution in [3.05, 3.63) is 63.7 Å². The van der Waals surface area contributed by atoms with E-state index in [1.165, 1.54) is 35.6 Å². The van der Waals surface area contributed by atoms with E-state index in [1.807, 2.05) is 20.8 Å². The number of nitrogens with zero attached hydrogens (tertiary/aromatic N) is 1. The molecule has 164 valence electrons. The highest BCUT2D eigenvalue weighted by Gasteiger charge is 2.35. The van der Waals surface area contributed by atoms with Crippen molar-refractivity contribution in [1.29, 1.82) is 0 Å². The van der Waals surface area contributed by atoms with E-state index in [0.717, 1.165) is 5.56 Å². The topological polar surface area (TPSA) is 76.1 Å². The Bertz CT molecular complexity index is 1190. The number of sulfone groups is 1. The summed E-state index contributed by atoms with van der Waals surface area (Å²) in [6, 6.07) is 10.7. The van der Waals surface area contributed by atoms with Gasteiger partial charge in [0.2, 0.25) is 5.91 Å². The summed E-state index contributed by atoms with van der Waals surface area (Å²) >= 11 is 4.49. The molecule has 2 aromatic carbocycles. The van der Waals surface area contributed by atoms with Gasteiger partial charge < -0.3 is 5.32 Å². The van der Waals surface area contributed by atoms with Crippen molar-refractivity contribution in [3.63, 3.8) is 0 Å². The quantitative estimate of drug-likeness (QED) is 0.420. The van der Waals surface area contributed by atoms with E-state index < -0.39 is 21.0 Å². The van der Waals surface area contributed by atoms with Crippen LogP contribution in [0.4, 0.5) is 9.52 Å². The van der Waals surface area contributed by atoms with Crippen LogP contribution in [0, 0.1) is 18.7 Å². The Balaban J connectivity index is 1.86. The molecule has 0 fully saturated rings. The fourth-order valence-corrected chi connectivity index (χ4v) is 6.12. The van der Waals surface area contributed by atoms with E-state index >= 15 is 0 Å². The van der Waals surface area contributed by atoms with E-state index in [-0.39, 0.29) is 28.2 Å². The zero-order chi connectivity index (χ0) is 22.8. The number of hydrogen-bond donors (Lipinski definition) is 1. The predicted octanol–water partition coefficient (Wildman–Crippen LogP) is 5.85. The molecule has 0 bridgehead atoms. The maximum atomic E-state index is 13.3. The molecule has 9 heteroatoms. The third-order valence-corrected chi connectivity index (χ3v) is 8.14. The average molecular weight is 525 g/mol. The van der Waals surface area contributed by atoms with Gasteiger partial charge in [-0.2, -0.15) is 0 Å². The number of carbonyl (C=O) groups excluding carboxylic acids is 1. The highest BCUT2D eigenvalue weighted by molar-refractivity contribution is 9.10. The zero-order valence-electron chi connectivity index (χ0n) is 17.2. The van der Waals surface area contributed by atoms with Crippen LogP contribution in [0.5, 0.6) is 0 Å². The van der Waals surface area contributed by atoms with Crippen LogP contribution in [0.2, 0.25) is 0 Å². The smallest absolute Gasteiger partial charge is 0.244 e. The normalized spacial score (nSPS) is 12.7. The van der Waals surface area contributed by atoms with Crippen LogP contribution < -0.4 is 5.32 Å². The molecule has 0 aliphatic rings. The molecular formula is C22H22BrFN2O3S2. The van der Waals surface area contributed by atoms with Crippen molar-refractivity contribution in [2.75, 3.05) is 5.32 Å². The number of anilines is 1. The van der Waals surface area contributed by atoms with Gasteiger partial charge in [-0.3, -0.25) is 4.79 Å². The Morgan fingerprint density at radius 3 is 2.48 bits per heavy atom. The van der Waals surface area contributed by atoms with Crippen molar-refractivity contribution in [2.24, 2.45) is 5.92 Å². The summed E-state index contributed by atoms with van der Waals surface area (Å²) in [7, 11) is -3.87. The Hall–Kier alpha value is -2.10. The van der Waals surface area contributed by atoms with Crippen LogP contribution in [-0.2, 0) is 14.6 Å². The van der Waals surface area contributed by atoms with Gasteiger partial charge in [0.1, 0.15) is 11.1 Å². The van der Waals surface area contributed by atoms with Crippen molar-refractivity contribution in [1.82, 2.24) is 4.98 Å². The third kappa shape index (κ3) is 5.58. The molecule has 0 aliphatic carbocycles. The Kier molecular flexibility index (Phi) is 7.28. The van der Waals surface area contributed by atoms with E-state index in [2.05, 4.69) is 26.2 Å². The molecule has 3 aromatic rings. The van der Waals surface area contributed by atoms with Crippen LogP contribution in [0.15, 0.2) is 57.2 Å². The summed E-state index contributed by atoms with van der Waals surface area (Å²) in [5.74, 6) is -0.997. The van der Waals surface area contributed by atoms with Gasteiger partial charge in [0, 0.05) is 15.4 Å². The summed E-state index contributed by atoms with van der Waals surface area (Å²) < 4.78 is 40.3. The second-order valence-electron chi connectivity index (χ2n) is 7.63. The molecule has 1 N–H and O–H groups in total. The summed E-state index contributed by atoms with van der Waals surface area (Å²) in [5, 5.41) is 3.42. The average Bonchev–Trinajstić information content (AvgIpc) is 3.14.